The lowest BCUT2D eigenvalue weighted by atomic mass is 10.1. The van der Waals surface area contributed by atoms with Crippen LogP contribution in [0.3, 0.4) is 0 Å². The van der Waals surface area contributed by atoms with E-state index in [-0.39, 0.29) is 41.8 Å². The number of unbranched alkanes of at least 4 members (excludes halogenated alkanes) is 1. The van der Waals surface area contributed by atoms with E-state index in [1.165, 1.54) is 12.5 Å². The van der Waals surface area contributed by atoms with Gasteiger partial charge in [-0.3, -0.25) is 4.99 Å². The Bertz CT molecular complexity index is 513. The van der Waals surface area contributed by atoms with Gasteiger partial charge in [-0.1, -0.05) is 31.5 Å². The van der Waals surface area contributed by atoms with Gasteiger partial charge in [-0.05, 0) is 30.9 Å². The molecule has 1 aliphatic rings. The minimum Gasteiger partial charge on any atom is -0.381 e. The van der Waals surface area contributed by atoms with Gasteiger partial charge in [0.15, 0.2) is 5.96 Å². The van der Waals surface area contributed by atoms with Crippen LogP contribution in [0.2, 0.25) is 0 Å². The molecule has 1 saturated carbocycles. The minimum atomic E-state index is -0.117. The molecule has 2 N–H and O–H groups in total. The third-order valence-electron chi connectivity index (χ3n) is 4.04. The first kappa shape index (κ1) is 21.2. The second kappa shape index (κ2) is 11.6. The van der Waals surface area contributed by atoms with Gasteiger partial charge in [0.2, 0.25) is 0 Å². The van der Waals surface area contributed by atoms with E-state index in [9.17, 15) is 4.39 Å². The number of halogens is 2. The number of nitrogens with one attached hydrogen (secondary N) is 2. The van der Waals surface area contributed by atoms with Gasteiger partial charge in [0.05, 0.1) is 0 Å². The summed E-state index contributed by atoms with van der Waals surface area (Å²) in [6, 6.07) is 7.27. The Kier molecular flexibility index (Phi) is 10.2. The van der Waals surface area contributed by atoms with Crippen LogP contribution in [-0.4, -0.2) is 38.8 Å². The predicted octanol–water partition coefficient (Wildman–Crippen LogP) is 3.67. The van der Waals surface area contributed by atoms with Crippen LogP contribution < -0.4 is 10.6 Å². The highest BCUT2D eigenvalue weighted by Crippen LogP contribution is 2.41. The summed E-state index contributed by atoms with van der Waals surface area (Å²) in [4.78, 5) is 4.23. The van der Waals surface area contributed by atoms with E-state index in [2.05, 4.69) is 22.5 Å². The third-order valence-corrected chi connectivity index (χ3v) is 4.04. The van der Waals surface area contributed by atoms with E-state index in [1.54, 1.807) is 13.1 Å². The van der Waals surface area contributed by atoms with Crippen molar-refractivity contribution in [3.63, 3.8) is 0 Å². The third kappa shape index (κ3) is 6.93. The molecule has 136 valence electrons. The molecule has 1 aromatic carbocycles. The Morgan fingerprint density at radius 2 is 2.04 bits per heavy atom. The van der Waals surface area contributed by atoms with Crippen LogP contribution in [-0.2, 0) is 4.74 Å². The molecule has 24 heavy (non-hydrogen) atoms. The first-order valence-electron chi connectivity index (χ1n) is 8.55. The zero-order valence-corrected chi connectivity index (χ0v) is 16.9. The number of guanidine groups is 1. The Morgan fingerprint density at radius 1 is 1.29 bits per heavy atom. The summed E-state index contributed by atoms with van der Waals surface area (Å²) in [5, 5.41) is 6.64. The molecular formula is C18H29FIN3O. The van der Waals surface area contributed by atoms with Crippen molar-refractivity contribution in [1.29, 1.82) is 0 Å². The maximum absolute atomic E-state index is 13.8. The largest absolute Gasteiger partial charge is 0.381 e. The van der Waals surface area contributed by atoms with E-state index >= 15 is 0 Å². The van der Waals surface area contributed by atoms with E-state index < -0.39 is 0 Å². The molecule has 2 unspecified atom stereocenters. The molecule has 2 rings (SSSR count). The molecule has 0 saturated heterocycles. The lowest BCUT2D eigenvalue weighted by Crippen LogP contribution is -2.39. The molecule has 2 atom stereocenters. The summed E-state index contributed by atoms with van der Waals surface area (Å²) in [6.07, 6.45) is 4.18. The van der Waals surface area contributed by atoms with Crippen molar-refractivity contribution < 1.29 is 9.13 Å². The topological polar surface area (TPSA) is 45.6 Å². The predicted molar refractivity (Wildman–Crippen MR) is 108 cm³/mol. The maximum Gasteiger partial charge on any atom is 0.191 e. The van der Waals surface area contributed by atoms with Gasteiger partial charge in [0, 0.05) is 38.8 Å². The molecule has 4 nitrogen and oxygen atoms in total. The monoisotopic (exact) mass is 449 g/mol. The Balaban J connectivity index is 0.00000288. The Morgan fingerprint density at radius 3 is 2.75 bits per heavy atom. The van der Waals surface area contributed by atoms with Gasteiger partial charge < -0.3 is 15.4 Å². The highest BCUT2D eigenvalue weighted by molar-refractivity contribution is 14.0. The number of ether oxygens (including phenoxy) is 1. The van der Waals surface area contributed by atoms with E-state index in [0.717, 1.165) is 50.5 Å². The fourth-order valence-electron chi connectivity index (χ4n) is 2.57. The molecule has 0 amide bonds. The molecule has 0 radical (unpaired) electrons. The van der Waals surface area contributed by atoms with Crippen molar-refractivity contribution in [3.8, 4) is 0 Å². The molecule has 0 bridgehead atoms. The van der Waals surface area contributed by atoms with Crippen LogP contribution in [0.1, 0.15) is 44.1 Å². The van der Waals surface area contributed by atoms with Gasteiger partial charge in [-0.25, -0.2) is 4.39 Å². The van der Waals surface area contributed by atoms with Crippen molar-refractivity contribution >= 4 is 29.9 Å². The van der Waals surface area contributed by atoms with Crippen LogP contribution >= 0.6 is 24.0 Å². The molecule has 0 aliphatic heterocycles. The van der Waals surface area contributed by atoms with E-state index in [0.29, 0.717) is 0 Å². The Labute approximate surface area is 161 Å². The smallest absolute Gasteiger partial charge is 0.191 e. The number of rotatable bonds is 9. The summed E-state index contributed by atoms with van der Waals surface area (Å²) in [5.74, 6) is 0.906. The van der Waals surface area contributed by atoms with Crippen molar-refractivity contribution in [2.75, 3.05) is 26.8 Å². The fraction of sp³-hybridized carbons (Fsp3) is 0.611. The van der Waals surface area contributed by atoms with Crippen molar-refractivity contribution in [3.05, 3.63) is 35.6 Å². The van der Waals surface area contributed by atoms with Crippen molar-refractivity contribution in [1.82, 2.24) is 10.6 Å². The SMILES string of the molecule is CCCCOCCCNC(=NC)NC1CC1c1ccccc1F.I. The lowest BCUT2D eigenvalue weighted by Gasteiger charge is -2.12. The van der Waals surface area contributed by atoms with Crippen LogP contribution in [0.4, 0.5) is 4.39 Å². The van der Waals surface area contributed by atoms with Crippen LogP contribution in [0.15, 0.2) is 29.3 Å². The first-order chi connectivity index (χ1) is 11.3. The average Bonchev–Trinajstić information content (AvgIpc) is 3.32. The lowest BCUT2D eigenvalue weighted by molar-refractivity contribution is 0.129. The van der Waals surface area contributed by atoms with E-state index in [1.807, 2.05) is 12.1 Å². The van der Waals surface area contributed by atoms with Gasteiger partial charge in [-0.2, -0.15) is 0 Å². The van der Waals surface area contributed by atoms with Gasteiger partial charge >= 0.3 is 0 Å². The highest BCUT2D eigenvalue weighted by atomic mass is 127. The average molecular weight is 449 g/mol. The maximum atomic E-state index is 13.8. The van der Waals surface area contributed by atoms with Gasteiger partial charge in [0.25, 0.3) is 0 Å². The van der Waals surface area contributed by atoms with Crippen LogP contribution in [0.25, 0.3) is 0 Å². The molecule has 1 aliphatic carbocycles. The highest BCUT2D eigenvalue weighted by Gasteiger charge is 2.40. The normalized spacial score (nSPS) is 19.5. The standard InChI is InChI=1S/C18H28FN3O.HI/c1-3-4-11-23-12-7-10-21-18(20-2)22-17-13-15(17)14-8-5-6-9-16(14)19;/h5-6,8-9,15,17H,3-4,7,10-13H2,1-2H3,(H2,20,21,22);1H. The second-order valence-corrected chi connectivity index (χ2v) is 5.93. The summed E-state index contributed by atoms with van der Waals surface area (Å²) < 4.78 is 19.3. The van der Waals surface area contributed by atoms with Gasteiger partial charge in [-0.15, -0.1) is 24.0 Å². The number of hydrogen-bond donors (Lipinski definition) is 2. The number of nitrogens with zero attached hydrogens (tertiary/aromatic N) is 1. The first-order valence-corrected chi connectivity index (χ1v) is 8.55. The van der Waals surface area contributed by atoms with Crippen LogP contribution in [0, 0.1) is 5.82 Å². The van der Waals surface area contributed by atoms with Crippen molar-refractivity contribution in [2.45, 2.75) is 44.6 Å². The molecule has 1 aromatic rings. The molecule has 0 spiro atoms. The van der Waals surface area contributed by atoms with E-state index in [4.69, 9.17) is 4.74 Å². The summed E-state index contributed by atoms with van der Waals surface area (Å²) in [7, 11) is 1.76. The Hall–Kier alpha value is -0.890. The summed E-state index contributed by atoms with van der Waals surface area (Å²) >= 11 is 0. The molecule has 0 heterocycles. The minimum absolute atomic E-state index is 0. The molecular weight excluding hydrogens is 420 g/mol. The summed E-state index contributed by atoms with van der Waals surface area (Å²) in [5.41, 5.74) is 0.796. The van der Waals surface area contributed by atoms with Crippen LogP contribution in [0.5, 0.6) is 0 Å². The summed E-state index contributed by atoms with van der Waals surface area (Å²) in [6.45, 7) is 4.59. The molecule has 6 heteroatoms. The molecule has 0 aromatic heterocycles. The fourth-order valence-corrected chi connectivity index (χ4v) is 2.57. The zero-order valence-electron chi connectivity index (χ0n) is 14.6. The molecule has 1 fully saturated rings. The number of benzene rings is 1. The van der Waals surface area contributed by atoms with Crippen molar-refractivity contribution in [2.24, 2.45) is 4.99 Å². The van der Waals surface area contributed by atoms with Gasteiger partial charge in [0.1, 0.15) is 5.82 Å². The number of hydrogen-bond acceptors (Lipinski definition) is 2. The zero-order chi connectivity index (χ0) is 16.5. The second-order valence-electron chi connectivity index (χ2n) is 5.93. The number of aliphatic imine (C=N–C) groups is 1. The quantitative estimate of drug-likeness (QED) is 0.262.